The smallest absolute Gasteiger partial charge is 0.123 e. The summed E-state index contributed by atoms with van der Waals surface area (Å²) in [6, 6.07) is 0. The molecule has 0 aromatic rings. The standard InChI is InChI=1S/C3H6N3/c4-3-1-2-5-6-3/h1-2H2,(H2,4,6). The molecular weight excluding hydrogens is 78.1 g/mol. The third kappa shape index (κ3) is 0.429. The van der Waals surface area contributed by atoms with Gasteiger partial charge in [-0.1, -0.05) is 0 Å². The fourth-order valence-corrected chi connectivity index (χ4v) is 0.355. The van der Waals surface area contributed by atoms with Gasteiger partial charge in [0.1, 0.15) is 5.84 Å². The molecule has 1 rings (SSSR count). The summed E-state index contributed by atoms with van der Waals surface area (Å²) >= 11 is 0. The van der Waals surface area contributed by atoms with E-state index in [4.69, 9.17) is 5.73 Å². The van der Waals surface area contributed by atoms with Crippen molar-refractivity contribution in [3.8, 4) is 0 Å². The van der Waals surface area contributed by atoms with Gasteiger partial charge in [-0.2, -0.15) is 5.43 Å². The molecule has 33 valence electrons. The van der Waals surface area contributed by atoms with Crippen LogP contribution in [0, 0.1) is 0 Å². The summed E-state index contributed by atoms with van der Waals surface area (Å²) in [6.45, 7) is 0.784. The SMILES string of the molecule is NC1=N[N]CC1. The lowest BCUT2D eigenvalue weighted by molar-refractivity contribution is 0.795. The third-order valence-electron chi connectivity index (χ3n) is 0.667. The topological polar surface area (TPSA) is 52.5 Å². The Labute approximate surface area is 36.2 Å². The predicted molar refractivity (Wildman–Crippen MR) is 23.2 cm³/mol. The maximum Gasteiger partial charge on any atom is 0.123 e. The minimum absolute atomic E-state index is 0.662. The van der Waals surface area contributed by atoms with Crippen LogP contribution in [0.3, 0.4) is 0 Å². The number of nitrogens with two attached hydrogens (primary N) is 1. The Bertz CT molecular complexity index is 76.1. The maximum absolute atomic E-state index is 5.19. The normalized spacial score (nSPS) is 19.7. The fraction of sp³-hybridized carbons (Fsp3) is 0.667. The van der Waals surface area contributed by atoms with Crippen LogP contribution in [-0.4, -0.2) is 12.4 Å². The predicted octanol–water partition coefficient (Wildman–Crippen LogP) is -0.733. The summed E-state index contributed by atoms with van der Waals surface area (Å²) in [5.41, 5.74) is 8.82. The first-order valence-electron chi connectivity index (χ1n) is 1.88. The number of hydrogen-bond donors (Lipinski definition) is 1. The van der Waals surface area contributed by atoms with Gasteiger partial charge in [0, 0.05) is 6.42 Å². The molecule has 0 spiro atoms. The highest BCUT2D eigenvalue weighted by Gasteiger charge is 1.98. The van der Waals surface area contributed by atoms with Crippen molar-refractivity contribution < 1.29 is 0 Å². The second-order valence-electron chi connectivity index (χ2n) is 1.21. The number of rotatable bonds is 0. The Morgan fingerprint density at radius 1 is 1.67 bits per heavy atom. The lowest BCUT2D eigenvalue weighted by atomic mass is 10.4. The Morgan fingerprint density at radius 2 is 2.50 bits per heavy atom. The molecule has 2 N–H and O–H groups in total. The van der Waals surface area contributed by atoms with E-state index in [0.717, 1.165) is 13.0 Å². The molecule has 0 unspecified atom stereocenters. The summed E-state index contributed by atoms with van der Waals surface area (Å²) < 4.78 is 0. The summed E-state index contributed by atoms with van der Waals surface area (Å²) in [7, 11) is 0. The van der Waals surface area contributed by atoms with Crippen LogP contribution in [0.2, 0.25) is 0 Å². The van der Waals surface area contributed by atoms with Gasteiger partial charge in [0.05, 0.1) is 6.54 Å². The molecule has 0 aromatic carbocycles. The van der Waals surface area contributed by atoms with Crippen molar-refractivity contribution in [1.29, 1.82) is 0 Å². The van der Waals surface area contributed by atoms with Gasteiger partial charge in [-0.15, -0.1) is 5.10 Å². The highest BCUT2D eigenvalue weighted by Crippen LogP contribution is 1.85. The molecule has 1 heterocycles. The van der Waals surface area contributed by atoms with Crippen molar-refractivity contribution in [2.24, 2.45) is 10.8 Å². The highest BCUT2D eigenvalue weighted by molar-refractivity contribution is 5.81. The van der Waals surface area contributed by atoms with E-state index in [9.17, 15) is 0 Å². The molecule has 1 aliphatic rings. The molecule has 0 atom stereocenters. The van der Waals surface area contributed by atoms with Crippen molar-refractivity contribution in [2.75, 3.05) is 6.54 Å². The van der Waals surface area contributed by atoms with Crippen molar-refractivity contribution in [1.82, 2.24) is 5.43 Å². The van der Waals surface area contributed by atoms with Crippen LogP contribution in [0.4, 0.5) is 0 Å². The first-order valence-corrected chi connectivity index (χ1v) is 1.88. The summed E-state index contributed by atoms with van der Waals surface area (Å²) in [5.74, 6) is 0.662. The van der Waals surface area contributed by atoms with Gasteiger partial charge in [-0.25, -0.2) is 0 Å². The monoisotopic (exact) mass is 84.1 g/mol. The van der Waals surface area contributed by atoms with Crippen molar-refractivity contribution >= 4 is 5.84 Å². The number of hydrogen-bond acceptors (Lipinski definition) is 2. The quantitative estimate of drug-likeness (QED) is 0.413. The molecule has 0 bridgehead atoms. The van der Waals surface area contributed by atoms with Crippen LogP contribution in [0.15, 0.2) is 5.10 Å². The minimum Gasteiger partial charge on any atom is -0.386 e. The van der Waals surface area contributed by atoms with Gasteiger partial charge in [0.15, 0.2) is 0 Å². The molecule has 3 nitrogen and oxygen atoms in total. The van der Waals surface area contributed by atoms with Gasteiger partial charge < -0.3 is 5.73 Å². The van der Waals surface area contributed by atoms with Crippen molar-refractivity contribution in [2.45, 2.75) is 6.42 Å². The summed E-state index contributed by atoms with van der Waals surface area (Å²) in [4.78, 5) is 0. The average molecular weight is 84.1 g/mol. The van der Waals surface area contributed by atoms with Crippen LogP contribution in [0.1, 0.15) is 6.42 Å². The number of amidine groups is 1. The molecule has 0 saturated carbocycles. The second-order valence-corrected chi connectivity index (χ2v) is 1.21. The zero-order chi connectivity index (χ0) is 4.41. The van der Waals surface area contributed by atoms with Gasteiger partial charge in [-0.05, 0) is 0 Å². The Hall–Kier alpha value is -0.730. The Morgan fingerprint density at radius 3 is 2.67 bits per heavy atom. The molecular formula is C3H6N3. The van der Waals surface area contributed by atoms with E-state index in [1.807, 2.05) is 0 Å². The lowest BCUT2D eigenvalue weighted by Gasteiger charge is -1.74. The molecule has 1 aliphatic heterocycles. The zero-order valence-electron chi connectivity index (χ0n) is 3.39. The van der Waals surface area contributed by atoms with Gasteiger partial charge >= 0.3 is 0 Å². The number of nitrogens with zero attached hydrogens (tertiary/aromatic N) is 2. The highest BCUT2D eigenvalue weighted by atomic mass is 15.3. The lowest BCUT2D eigenvalue weighted by Crippen LogP contribution is -2.06. The molecule has 0 amide bonds. The van der Waals surface area contributed by atoms with E-state index in [1.54, 1.807) is 0 Å². The molecule has 6 heavy (non-hydrogen) atoms. The van der Waals surface area contributed by atoms with Gasteiger partial charge in [-0.3, -0.25) is 0 Å². The third-order valence-corrected chi connectivity index (χ3v) is 0.667. The van der Waals surface area contributed by atoms with E-state index in [0.29, 0.717) is 5.84 Å². The van der Waals surface area contributed by atoms with Gasteiger partial charge in [0.25, 0.3) is 0 Å². The molecule has 0 saturated heterocycles. The maximum atomic E-state index is 5.19. The van der Waals surface area contributed by atoms with Crippen LogP contribution in [-0.2, 0) is 0 Å². The second kappa shape index (κ2) is 1.16. The molecule has 0 fully saturated rings. The zero-order valence-corrected chi connectivity index (χ0v) is 3.39. The van der Waals surface area contributed by atoms with E-state index in [-0.39, 0.29) is 0 Å². The Balaban J connectivity index is 2.45. The van der Waals surface area contributed by atoms with E-state index < -0.39 is 0 Å². The molecule has 0 aliphatic carbocycles. The summed E-state index contributed by atoms with van der Waals surface area (Å²) in [6.07, 6.45) is 0.847. The molecule has 3 heteroatoms. The van der Waals surface area contributed by atoms with Crippen molar-refractivity contribution in [3.63, 3.8) is 0 Å². The minimum atomic E-state index is 0.662. The largest absolute Gasteiger partial charge is 0.386 e. The van der Waals surface area contributed by atoms with E-state index in [1.165, 1.54) is 0 Å². The first-order chi connectivity index (χ1) is 2.89. The van der Waals surface area contributed by atoms with Crippen LogP contribution < -0.4 is 11.2 Å². The summed E-state index contributed by atoms with van der Waals surface area (Å²) in [5, 5.41) is 3.56. The van der Waals surface area contributed by atoms with E-state index >= 15 is 0 Å². The van der Waals surface area contributed by atoms with E-state index in [2.05, 4.69) is 10.5 Å². The van der Waals surface area contributed by atoms with Crippen LogP contribution in [0.25, 0.3) is 0 Å². The molecule has 0 aromatic heterocycles. The van der Waals surface area contributed by atoms with Crippen molar-refractivity contribution in [3.05, 3.63) is 0 Å². The Kier molecular flexibility index (Phi) is 0.670. The molecule has 1 radical (unpaired) electrons. The average Bonchev–Trinajstić information content (AvgIpc) is 1.86. The first kappa shape index (κ1) is 3.46. The van der Waals surface area contributed by atoms with Crippen LogP contribution >= 0.6 is 0 Å². The van der Waals surface area contributed by atoms with Gasteiger partial charge in [0.2, 0.25) is 0 Å². The van der Waals surface area contributed by atoms with Crippen LogP contribution in [0.5, 0.6) is 0 Å². The fourth-order valence-electron chi connectivity index (χ4n) is 0.355.